The maximum Gasteiger partial charge on any atom is 0.338 e. The van der Waals surface area contributed by atoms with Gasteiger partial charge in [-0.15, -0.1) is 0 Å². The number of anilines is 1. The Labute approximate surface area is 261 Å². The zero-order valence-corrected chi connectivity index (χ0v) is 26.2. The zero-order chi connectivity index (χ0) is 30.0. The van der Waals surface area contributed by atoms with Gasteiger partial charge in [-0.05, 0) is 81.4 Å². The summed E-state index contributed by atoms with van der Waals surface area (Å²) in [5.41, 5.74) is 3.26. The fourth-order valence-electron chi connectivity index (χ4n) is 8.03. The van der Waals surface area contributed by atoms with Crippen LogP contribution in [0, 0.1) is 30.6 Å². The van der Waals surface area contributed by atoms with Crippen molar-refractivity contribution in [1.29, 1.82) is 0 Å². The third-order valence-corrected chi connectivity index (χ3v) is 10.9. The van der Waals surface area contributed by atoms with Crippen molar-refractivity contribution in [2.45, 2.75) is 57.7 Å². The molecule has 224 valence electrons. The van der Waals surface area contributed by atoms with Gasteiger partial charge in [-0.3, -0.25) is 14.4 Å². The van der Waals surface area contributed by atoms with E-state index in [2.05, 4.69) is 27.9 Å². The molecular weight excluding hydrogens is 583 g/mol. The maximum atomic E-state index is 14.6. The van der Waals surface area contributed by atoms with Gasteiger partial charge in [0.1, 0.15) is 5.54 Å². The zero-order valence-electron chi connectivity index (χ0n) is 24.6. The highest BCUT2D eigenvalue weighted by atomic mass is 35.5. The maximum absolute atomic E-state index is 14.6. The van der Waals surface area contributed by atoms with Crippen molar-refractivity contribution in [3.63, 3.8) is 0 Å². The molecule has 0 spiro atoms. The molecule has 7 nitrogen and oxygen atoms in total. The van der Waals surface area contributed by atoms with Crippen molar-refractivity contribution in [3.8, 4) is 0 Å². The average molecular weight is 620 g/mol. The summed E-state index contributed by atoms with van der Waals surface area (Å²) < 4.78 is 7.16. The number of hydrogen-bond acceptors (Lipinski definition) is 5. The minimum absolute atomic E-state index is 0.0253. The molecule has 1 saturated carbocycles. The monoisotopic (exact) mass is 618 g/mol. The third kappa shape index (κ3) is 4.71. The summed E-state index contributed by atoms with van der Waals surface area (Å²) in [5.74, 6) is 0.187. The second kappa shape index (κ2) is 10.8. The number of allylic oxidation sites excluding steroid dienone is 4. The van der Waals surface area contributed by atoms with Gasteiger partial charge in [-0.25, -0.2) is 4.79 Å². The molecule has 9 heteroatoms. The Kier molecular flexibility index (Phi) is 7.19. The number of ether oxygens (including phenoxy) is 1. The SMILES string of the molecule is COC(=O)c1ccc2c3n(nc2c1C)C[C@H]1C(C2C=CC=C2Cl)[C@](C)(C(=O)Nc2cccc(Cl)c2)N(CC2CC2)[C@H]1CC3. The molecule has 7 rings (SSSR count). The Bertz CT molecular complexity index is 1690. The number of benzene rings is 2. The minimum atomic E-state index is -0.814. The van der Waals surface area contributed by atoms with E-state index in [-0.39, 0.29) is 35.7 Å². The fourth-order valence-corrected chi connectivity index (χ4v) is 8.50. The van der Waals surface area contributed by atoms with E-state index in [4.69, 9.17) is 33.0 Å². The summed E-state index contributed by atoms with van der Waals surface area (Å²) in [5, 5.41) is 10.8. The molecule has 2 aliphatic carbocycles. The second-order valence-electron chi connectivity index (χ2n) is 12.7. The van der Waals surface area contributed by atoms with Crippen LogP contribution in [0.5, 0.6) is 0 Å². The molecule has 5 atom stereocenters. The van der Waals surface area contributed by atoms with Gasteiger partial charge in [0.25, 0.3) is 0 Å². The molecule has 1 amide bonds. The van der Waals surface area contributed by atoms with E-state index in [1.807, 2.05) is 49.4 Å². The van der Waals surface area contributed by atoms with Crippen LogP contribution in [-0.2, 0) is 22.5 Å². The lowest BCUT2D eigenvalue weighted by molar-refractivity contribution is -0.129. The number of carbonyl (C=O) groups excluding carboxylic acids is 2. The molecule has 4 aliphatic rings. The molecule has 0 radical (unpaired) electrons. The molecule has 1 N–H and O–H groups in total. The molecule has 2 fully saturated rings. The standard InChI is InChI=1S/C34H36Cl2N4O3/c1-19-23(32(41)43-3)12-13-25-29-15-14-28-26(18-40(29)38-31(19)25)30(24-8-5-9-27(24)36)34(2,39(28)17-20-10-11-20)33(42)37-22-7-4-6-21(35)16-22/h4-9,12-13,16,20,24,26,28,30H,10-11,14-15,17-18H2,1-3H3,(H,37,42)/t24?,26-,28+,30?,34-/m1/s1. The Morgan fingerprint density at radius 3 is 2.67 bits per heavy atom. The van der Waals surface area contributed by atoms with Gasteiger partial charge in [-0.1, -0.05) is 47.5 Å². The molecule has 43 heavy (non-hydrogen) atoms. The summed E-state index contributed by atoms with van der Waals surface area (Å²) in [6.07, 6.45) is 10.3. The summed E-state index contributed by atoms with van der Waals surface area (Å²) >= 11 is 13.2. The van der Waals surface area contributed by atoms with Crippen molar-refractivity contribution in [1.82, 2.24) is 14.7 Å². The van der Waals surface area contributed by atoms with Gasteiger partial charge < -0.3 is 10.1 Å². The van der Waals surface area contributed by atoms with Crippen molar-refractivity contribution in [3.05, 3.63) is 81.5 Å². The molecule has 3 aromatic rings. The van der Waals surface area contributed by atoms with Crippen LogP contribution in [0.3, 0.4) is 0 Å². The van der Waals surface area contributed by atoms with Crippen molar-refractivity contribution < 1.29 is 14.3 Å². The molecule has 2 aromatic carbocycles. The number of halogens is 2. The number of likely N-dealkylation sites (tertiary alicyclic amines) is 1. The predicted molar refractivity (Wildman–Crippen MR) is 169 cm³/mol. The van der Waals surface area contributed by atoms with E-state index in [0.717, 1.165) is 40.9 Å². The first-order valence-electron chi connectivity index (χ1n) is 15.2. The van der Waals surface area contributed by atoms with Crippen LogP contribution in [0.1, 0.15) is 47.8 Å². The van der Waals surface area contributed by atoms with Crippen LogP contribution in [0.15, 0.2) is 59.7 Å². The minimum Gasteiger partial charge on any atom is -0.465 e. The molecule has 0 bridgehead atoms. The molecule has 2 aliphatic heterocycles. The molecular formula is C34H36Cl2N4O3. The summed E-state index contributed by atoms with van der Waals surface area (Å²) in [7, 11) is 1.40. The Morgan fingerprint density at radius 2 is 1.98 bits per heavy atom. The second-order valence-corrected chi connectivity index (χ2v) is 13.6. The van der Waals surface area contributed by atoms with Crippen LogP contribution in [-0.4, -0.2) is 51.8 Å². The number of esters is 1. The van der Waals surface area contributed by atoms with Crippen LogP contribution < -0.4 is 5.32 Å². The Morgan fingerprint density at radius 1 is 1.16 bits per heavy atom. The molecule has 3 heterocycles. The van der Waals surface area contributed by atoms with Crippen LogP contribution in [0.25, 0.3) is 10.9 Å². The first-order chi connectivity index (χ1) is 20.7. The molecule has 2 unspecified atom stereocenters. The first kappa shape index (κ1) is 28.6. The first-order valence-corrected chi connectivity index (χ1v) is 15.9. The number of hydrogen-bond donors (Lipinski definition) is 1. The van der Waals surface area contributed by atoms with Crippen molar-refractivity contribution in [2.24, 2.45) is 23.7 Å². The van der Waals surface area contributed by atoms with Gasteiger partial charge in [-0.2, -0.15) is 5.10 Å². The number of amides is 1. The topological polar surface area (TPSA) is 76.5 Å². The number of nitrogens with one attached hydrogen (secondary N) is 1. The van der Waals surface area contributed by atoms with Gasteiger partial charge in [0.2, 0.25) is 5.91 Å². The highest BCUT2D eigenvalue weighted by molar-refractivity contribution is 6.31. The van der Waals surface area contributed by atoms with E-state index in [9.17, 15) is 9.59 Å². The van der Waals surface area contributed by atoms with Gasteiger partial charge in [0, 0.05) is 63.7 Å². The van der Waals surface area contributed by atoms with E-state index >= 15 is 0 Å². The van der Waals surface area contributed by atoms with Crippen molar-refractivity contribution >= 4 is 51.7 Å². The van der Waals surface area contributed by atoms with E-state index in [0.29, 0.717) is 28.7 Å². The number of aromatic nitrogens is 2. The summed E-state index contributed by atoms with van der Waals surface area (Å²) in [4.78, 5) is 29.5. The van der Waals surface area contributed by atoms with Gasteiger partial charge in [0.15, 0.2) is 0 Å². The molecule has 1 aromatic heterocycles. The number of nitrogens with zero attached hydrogens (tertiary/aromatic N) is 3. The fraction of sp³-hybridized carbons (Fsp3) is 0.441. The third-order valence-electron chi connectivity index (χ3n) is 10.3. The van der Waals surface area contributed by atoms with Crippen LogP contribution in [0.4, 0.5) is 5.69 Å². The van der Waals surface area contributed by atoms with Gasteiger partial charge in [0.05, 0.1) is 18.2 Å². The van der Waals surface area contributed by atoms with Crippen molar-refractivity contribution in [2.75, 3.05) is 19.0 Å². The number of aryl methyl sites for hydroxylation is 2. The van der Waals surface area contributed by atoms with Crippen LogP contribution in [0.2, 0.25) is 5.02 Å². The highest BCUT2D eigenvalue weighted by Gasteiger charge is 2.63. The lowest BCUT2D eigenvalue weighted by Crippen LogP contribution is -2.58. The lowest BCUT2D eigenvalue weighted by Gasteiger charge is -2.42. The highest BCUT2D eigenvalue weighted by Crippen LogP contribution is 2.55. The molecule has 1 saturated heterocycles. The Balaban J connectivity index is 1.33. The van der Waals surface area contributed by atoms with E-state index < -0.39 is 5.54 Å². The van der Waals surface area contributed by atoms with E-state index in [1.54, 1.807) is 6.07 Å². The largest absolute Gasteiger partial charge is 0.465 e. The number of methoxy groups -OCH3 is 1. The Hall–Kier alpha value is -3.13. The summed E-state index contributed by atoms with van der Waals surface area (Å²) in [6.45, 7) is 5.62. The number of carbonyl (C=O) groups is 2. The summed E-state index contributed by atoms with van der Waals surface area (Å²) in [6, 6.07) is 11.4. The lowest BCUT2D eigenvalue weighted by atomic mass is 9.71. The average Bonchev–Trinajstić information content (AvgIpc) is 3.59. The number of fused-ring (bicyclic) bond motifs is 4. The smallest absolute Gasteiger partial charge is 0.338 e. The van der Waals surface area contributed by atoms with E-state index in [1.165, 1.54) is 25.6 Å². The van der Waals surface area contributed by atoms with Crippen LogP contribution >= 0.6 is 23.2 Å². The normalized spacial score (nSPS) is 28.3. The number of rotatable bonds is 6. The predicted octanol–water partition coefficient (Wildman–Crippen LogP) is 6.76. The quantitative estimate of drug-likeness (QED) is 0.309. The van der Waals surface area contributed by atoms with Gasteiger partial charge >= 0.3 is 5.97 Å².